The predicted molar refractivity (Wildman–Crippen MR) is 155 cm³/mol. The summed E-state index contributed by atoms with van der Waals surface area (Å²) in [5.41, 5.74) is 9.80. The van der Waals surface area contributed by atoms with Crippen LogP contribution in [-0.4, -0.2) is 46.7 Å². The SMILES string of the molecule is CC(C)c1cccc(C(C)C)c1OC(=O)CC(C)(C)CNC(=O)[C@@H](N)Cc1c[nH]c2ccccc12.O=C(O)C(F)(F)F. The van der Waals surface area contributed by atoms with Gasteiger partial charge in [-0.05, 0) is 46.4 Å². The summed E-state index contributed by atoms with van der Waals surface area (Å²) in [6, 6.07) is 13.3. The number of carbonyl (C=O) groups is 3. The number of amides is 1. The van der Waals surface area contributed by atoms with E-state index < -0.39 is 23.6 Å². The zero-order chi connectivity index (χ0) is 31.8. The highest BCUT2D eigenvalue weighted by atomic mass is 19.4. The van der Waals surface area contributed by atoms with Crippen LogP contribution in [0.5, 0.6) is 5.75 Å². The molecule has 0 spiro atoms. The first-order valence-electron chi connectivity index (χ1n) is 13.6. The van der Waals surface area contributed by atoms with Crippen LogP contribution in [0.4, 0.5) is 13.2 Å². The van der Waals surface area contributed by atoms with E-state index in [0.29, 0.717) is 18.7 Å². The van der Waals surface area contributed by atoms with Crippen LogP contribution >= 0.6 is 0 Å². The van der Waals surface area contributed by atoms with Gasteiger partial charge in [0.15, 0.2) is 0 Å². The number of fused-ring (bicyclic) bond motifs is 1. The second kappa shape index (κ2) is 14.4. The van der Waals surface area contributed by atoms with Gasteiger partial charge in [-0.1, -0.05) is 77.9 Å². The minimum Gasteiger partial charge on any atom is -0.475 e. The molecule has 1 amide bonds. The molecule has 11 heteroatoms. The van der Waals surface area contributed by atoms with E-state index in [1.807, 2.05) is 62.5 Å². The molecule has 1 atom stereocenters. The molecule has 3 rings (SSSR count). The lowest BCUT2D eigenvalue weighted by Gasteiger charge is -2.26. The first-order valence-corrected chi connectivity index (χ1v) is 13.6. The Kier molecular flexibility index (Phi) is 11.7. The van der Waals surface area contributed by atoms with E-state index >= 15 is 0 Å². The monoisotopic (exact) mass is 591 g/mol. The molecule has 0 saturated heterocycles. The second-order valence-electron chi connectivity index (χ2n) is 11.6. The highest BCUT2D eigenvalue weighted by Gasteiger charge is 2.38. The molecule has 0 aliphatic carbocycles. The number of carbonyl (C=O) groups excluding carboxylic acids is 2. The second-order valence-corrected chi connectivity index (χ2v) is 11.6. The molecule has 0 fully saturated rings. The van der Waals surface area contributed by atoms with Crippen molar-refractivity contribution in [3.05, 3.63) is 65.4 Å². The topological polar surface area (TPSA) is 135 Å². The molecule has 1 aromatic heterocycles. The smallest absolute Gasteiger partial charge is 0.475 e. The fraction of sp³-hybridized carbons (Fsp3) is 0.452. The van der Waals surface area contributed by atoms with Crippen LogP contribution in [0.3, 0.4) is 0 Å². The standard InChI is InChI=1S/C29H39N3O3.C2HF3O2/c1-18(2)21-11-9-12-22(19(3)4)27(21)35-26(33)15-29(5,6)17-32-28(34)24(30)14-20-16-31-25-13-8-7-10-23(20)25;3-2(4,5)1(6)7/h7-13,16,18-19,24,31H,14-15,17,30H2,1-6H3,(H,32,34);(H,6,7)/t24-;/m0./s1. The van der Waals surface area contributed by atoms with Crippen LogP contribution in [0.25, 0.3) is 10.9 Å². The summed E-state index contributed by atoms with van der Waals surface area (Å²) in [4.78, 5) is 37.7. The van der Waals surface area contributed by atoms with Crippen molar-refractivity contribution in [1.82, 2.24) is 10.3 Å². The number of ether oxygens (including phenoxy) is 1. The molecule has 0 bridgehead atoms. The third-order valence-corrected chi connectivity index (χ3v) is 6.59. The van der Waals surface area contributed by atoms with E-state index in [2.05, 4.69) is 38.0 Å². The third kappa shape index (κ3) is 9.90. The largest absolute Gasteiger partial charge is 0.490 e. The summed E-state index contributed by atoms with van der Waals surface area (Å²) in [7, 11) is 0. The van der Waals surface area contributed by atoms with E-state index in [-0.39, 0.29) is 30.1 Å². The number of aliphatic carboxylic acids is 1. The number of carboxylic acids is 1. The van der Waals surface area contributed by atoms with E-state index in [0.717, 1.165) is 27.6 Å². The fourth-order valence-electron chi connectivity index (χ4n) is 4.29. The number of benzene rings is 2. The lowest BCUT2D eigenvalue weighted by atomic mass is 9.89. The van der Waals surface area contributed by atoms with E-state index in [9.17, 15) is 22.8 Å². The maximum Gasteiger partial charge on any atom is 0.490 e. The number of halogens is 3. The molecule has 1 heterocycles. The van der Waals surface area contributed by atoms with Crippen molar-refractivity contribution in [2.24, 2.45) is 11.1 Å². The summed E-state index contributed by atoms with van der Waals surface area (Å²) in [6.07, 6.45) is -2.57. The number of aromatic amines is 1. The molecule has 230 valence electrons. The van der Waals surface area contributed by atoms with Crippen molar-refractivity contribution in [3.8, 4) is 5.75 Å². The van der Waals surface area contributed by atoms with Gasteiger partial charge >= 0.3 is 18.1 Å². The van der Waals surface area contributed by atoms with Crippen LogP contribution in [0, 0.1) is 5.41 Å². The minimum absolute atomic E-state index is 0.176. The Hall–Kier alpha value is -3.86. The van der Waals surface area contributed by atoms with Gasteiger partial charge in [0.05, 0.1) is 12.5 Å². The molecule has 0 unspecified atom stereocenters. The Morgan fingerprint density at radius 1 is 0.976 bits per heavy atom. The first kappa shape index (κ1) is 34.3. The van der Waals surface area contributed by atoms with Crippen LogP contribution in [0.2, 0.25) is 0 Å². The number of nitrogens with two attached hydrogens (primary N) is 1. The van der Waals surface area contributed by atoms with Crippen molar-refractivity contribution in [2.75, 3.05) is 6.54 Å². The molecule has 5 N–H and O–H groups in total. The molecule has 2 aromatic carbocycles. The summed E-state index contributed by atoms with van der Waals surface area (Å²) in [6.45, 7) is 12.6. The number of aromatic nitrogens is 1. The van der Waals surface area contributed by atoms with Gasteiger partial charge in [-0.3, -0.25) is 9.59 Å². The average molecular weight is 592 g/mol. The van der Waals surface area contributed by atoms with Crippen LogP contribution in [0.1, 0.15) is 76.5 Å². The van der Waals surface area contributed by atoms with Crippen molar-refractivity contribution in [2.45, 2.75) is 78.4 Å². The van der Waals surface area contributed by atoms with Gasteiger partial charge in [0.1, 0.15) is 5.75 Å². The summed E-state index contributed by atoms with van der Waals surface area (Å²) < 4.78 is 37.7. The lowest BCUT2D eigenvalue weighted by Crippen LogP contribution is -2.45. The molecule has 0 saturated carbocycles. The Morgan fingerprint density at radius 3 is 2.05 bits per heavy atom. The molecule has 0 radical (unpaired) electrons. The van der Waals surface area contributed by atoms with Gasteiger partial charge in [-0.15, -0.1) is 0 Å². The van der Waals surface area contributed by atoms with E-state index in [4.69, 9.17) is 20.4 Å². The van der Waals surface area contributed by atoms with E-state index in [1.165, 1.54) is 0 Å². The van der Waals surface area contributed by atoms with Crippen molar-refractivity contribution < 1.29 is 37.4 Å². The number of rotatable bonds is 10. The zero-order valence-electron chi connectivity index (χ0n) is 24.8. The third-order valence-electron chi connectivity index (χ3n) is 6.59. The van der Waals surface area contributed by atoms with Crippen molar-refractivity contribution in [1.29, 1.82) is 0 Å². The summed E-state index contributed by atoms with van der Waals surface area (Å²) in [5.74, 6) is -2.15. The molecular formula is C31H40F3N3O5. The van der Waals surface area contributed by atoms with Gasteiger partial charge in [0, 0.05) is 23.6 Å². The highest BCUT2D eigenvalue weighted by Crippen LogP contribution is 2.35. The van der Waals surface area contributed by atoms with Crippen LogP contribution < -0.4 is 15.8 Å². The molecule has 42 heavy (non-hydrogen) atoms. The van der Waals surface area contributed by atoms with E-state index in [1.54, 1.807) is 0 Å². The van der Waals surface area contributed by atoms with Crippen LogP contribution in [0.15, 0.2) is 48.7 Å². The fourth-order valence-corrected chi connectivity index (χ4v) is 4.29. The number of para-hydroxylation sites is 2. The quantitative estimate of drug-likeness (QED) is 0.167. The predicted octanol–water partition coefficient (Wildman–Crippen LogP) is 6.06. The lowest BCUT2D eigenvalue weighted by molar-refractivity contribution is -0.192. The Balaban J connectivity index is 0.000000782. The average Bonchev–Trinajstić information content (AvgIpc) is 3.29. The first-order chi connectivity index (χ1) is 19.4. The van der Waals surface area contributed by atoms with Gasteiger partial charge < -0.3 is 25.9 Å². The van der Waals surface area contributed by atoms with Crippen molar-refractivity contribution >= 4 is 28.7 Å². The van der Waals surface area contributed by atoms with Gasteiger partial charge in [0.2, 0.25) is 5.91 Å². The Bertz CT molecular complexity index is 1350. The summed E-state index contributed by atoms with van der Waals surface area (Å²) in [5, 5.41) is 11.1. The van der Waals surface area contributed by atoms with Gasteiger partial charge in [-0.2, -0.15) is 13.2 Å². The number of alkyl halides is 3. The number of H-pyrrole nitrogens is 1. The normalized spacial score (nSPS) is 12.6. The van der Waals surface area contributed by atoms with Crippen molar-refractivity contribution in [3.63, 3.8) is 0 Å². The highest BCUT2D eigenvalue weighted by molar-refractivity contribution is 5.86. The summed E-state index contributed by atoms with van der Waals surface area (Å²) >= 11 is 0. The Labute approximate surface area is 243 Å². The maximum atomic E-state index is 12.9. The van der Waals surface area contributed by atoms with Gasteiger partial charge in [0.25, 0.3) is 0 Å². The number of nitrogens with one attached hydrogen (secondary N) is 2. The number of hydrogen-bond donors (Lipinski definition) is 4. The molecule has 0 aliphatic rings. The zero-order valence-corrected chi connectivity index (χ0v) is 24.8. The molecule has 8 nitrogen and oxygen atoms in total. The van der Waals surface area contributed by atoms with Gasteiger partial charge in [-0.25, -0.2) is 4.79 Å². The minimum atomic E-state index is -5.08. The molecule has 3 aromatic rings. The molecular weight excluding hydrogens is 551 g/mol. The molecule has 0 aliphatic heterocycles. The van der Waals surface area contributed by atoms with Crippen LogP contribution in [-0.2, 0) is 20.8 Å². The number of carboxylic acid groups (broad SMARTS) is 1. The Morgan fingerprint density at radius 2 is 1.52 bits per heavy atom. The number of hydrogen-bond acceptors (Lipinski definition) is 5. The maximum absolute atomic E-state index is 12.9. The number of esters is 1.